The average molecular weight is 195 g/mol. The van der Waals surface area contributed by atoms with E-state index in [9.17, 15) is 0 Å². The molecule has 1 saturated carbocycles. The van der Waals surface area contributed by atoms with Gasteiger partial charge in [-0.3, -0.25) is 0 Å². The van der Waals surface area contributed by atoms with E-state index in [0.29, 0.717) is 11.2 Å². The molecule has 0 radical (unpaired) electrons. The van der Waals surface area contributed by atoms with Crippen molar-refractivity contribution in [3.8, 4) is 0 Å². The highest BCUT2D eigenvalue weighted by Crippen LogP contribution is 2.38. The molecule has 4 heteroatoms. The third-order valence-corrected chi connectivity index (χ3v) is 3.20. The number of rotatable bonds is 3. The van der Waals surface area contributed by atoms with Gasteiger partial charge in [0.1, 0.15) is 12.9 Å². The zero-order valence-corrected chi connectivity index (χ0v) is 8.61. The molecule has 0 saturated heterocycles. The van der Waals surface area contributed by atoms with Crippen LogP contribution in [0.25, 0.3) is 0 Å². The lowest BCUT2D eigenvalue weighted by Crippen LogP contribution is -2.20. The molecule has 0 atom stereocenters. The van der Waals surface area contributed by atoms with E-state index in [-0.39, 0.29) is 6.61 Å². The van der Waals surface area contributed by atoms with E-state index in [0.717, 1.165) is 6.54 Å². The van der Waals surface area contributed by atoms with Crippen LogP contribution < -0.4 is 0 Å². The van der Waals surface area contributed by atoms with Gasteiger partial charge in [-0.1, -0.05) is 19.8 Å². The van der Waals surface area contributed by atoms with Crippen LogP contribution in [0.1, 0.15) is 38.4 Å². The molecule has 14 heavy (non-hydrogen) atoms. The largest absolute Gasteiger partial charge is 0.388 e. The molecular weight excluding hydrogens is 178 g/mol. The van der Waals surface area contributed by atoms with Gasteiger partial charge >= 0.3 is 0 Å². The summed E-state index contributed by atoms with van der Waals surface area (Å²) in [6.07, 6.45) is 6.92. The molecule has 0 bridgehead atoms. The summed E-state index contributed by atoms with van der Waals surface area (Å²) in [5, 5.41) is 16.7. The number of hydrogen-bond donors (Lipinski definition) is 1. The van der Waals surface area contributed by atoms with Crippen LogP contribution in [0.3, 0.4) is 0 Å². The highest BCUT2D eigenvalue weighted by Gasteiger charge is 2.29. The van der Waals surface area contributed by atoms with Crippen LogP contribution in [-0.2, 0) is 13.2 Å². The number of nitrogens with zero attached hydrogens (tertiary/aromatic N) is 3. The van der Waals surface area contributed by atoms with Crippen LogP contribution in [-0.4, -0.2) is 19.9 Å². The zero-order valence-electron chi connectivity index (χ0n) is 8.61. The van der Waals surface area contributed by atoms with E-state index in [1.165, 1.54) is 25.7 Å². The second kappa shape index (κ2) is 3.69. The Bertz CT molecular complexity index is 302. The van der Waals surface area contributed by atoms with Crippen LogP contribution in [0.5, 0.6) is 0 Å². The normalized spacial score (nSPS) is 20.1. The summed E-state index contributed by atoms with van der Waals surface area (Å²) in [4.78, 5) is 0. The van der Waals surface area contributed by atoms with Crippen molar-refractivity contribution in [2.24, 2.45) is 5.41 Å². The van der Waals surface area contributed by atoms with Gasteiger partial charge in [0.05, 0.1) is 0 Å². The van der Waals surface area contributed by atoms with Gasteiger partial charge in [0.15, 0.2) is 5.82 Å². The molecule has 1 aromatic heterocycles. The maximum Gasteiger partial charge on any atom is 0.158 e. The van der Waals surface area contributed by atoms with Gasteiger partial charge in [-0.2, -0.15) is 0 Å². The van der Waals surface area contributed by atoms with Gasteiger partial charge in [0, 0.05) is 6.54 Å². The standard InChI is InChI=1S/C10H17N3O/c1-10(4-2-3-5-10)7-13-8-11-12-9(13)6-14/h8,14H,2-7H2,1H3. The van der Waals surface area contributed by atoms with E-state index in [4.69, 9.17) is 5.11 Å². The molecule has 0 unspecified atom stereocenters. The van der Waals surface area contributed by atoms with Crippen LogP contribution in [0, 0.1) is 5.41 Å². The maximum absolute atomic E-state index is 9.04. The Morgan fingerprint density at radius 2 is 2.21 bits per heavy atom. The number of aliphatic hydroxyl groups excluding tert-OH is 1. The van der Waals surface area contributed by atoms with Crippen molar-refractivity contribution < 1.29 is 5.11 Å². The fourth-order valence-corrected chi connectivity index (χ4v) is 2.33. The summed E-state index contributed by atoms with van der Waals surface area (Å²) in [6.45, 7) is 3.23. The van der Waals surface area contributed by atoms with Crippen molar-refractivity contribution in [1.82, 2.24) is 14.8 Å². The third-order valence-electron chi connectivity index (χ3n) is 3.20. The summed E-state index contributed by atoms with van der Waals surface area (Å²) in [5.74, 6) is 0.679. The summed E-state index contributed by atoms with van der Waals surface area (Å²) in [7, 11) is 0. The monoisotopic (exact) mass is 195 g/mol. The van der Waals surface area contributed by atoms with Crippen molar-refractivity contribution in [3.05, 3.63) is 12.2 Å². The molecule has 1 heterocycles. The van der Waals surface area contributed by atoms with Crippen molar-refractivity contribution >= 4 is 0 Å². The minimum atomic E-state index is -0.0178. The fourth-order valence-electron chi connectivity index (χ4n) is 2.33. The Labute approximate surface area is 84.0 Å². The Morgan fingerprint density at radius 1 is 1.50 bits per heavy atom. The molecular formula is C10H17N3O. The molecule has 1 fully saturated rings. The minimum Gasteiger partial charge on any atom is -0.388 e. The first-order valence-corrected chi connectivity index (χ1v) is 5.21. The molecule has 1 aromatic rings. The van der Waals surface area contributed by atoms with E-state index in [1.807, 2.05) is 4.57 Å². The van der Waals surface area contributed by atoms with Crippen LogP contribution in [0.15, 0.2) is 6.33 Å². The van der Waals surface area contributed by atoms with E-state index >= 15 is 0 Å². The third kappa shape index (κ3) is 1.80. The highest BCUT2D eigenvalue weighted by atomic mass is 16.3. The molecule has 1 aliphatic rings. The molecule has 78 valence electrons. The van der Waals surface area contributed by atoms with E-state index in [1.54, 1.807) is 6.33 Å². The molecule has 0 aliphatic heterocycles. The van der Waals surface area contributed by atoms with Gasteiger partial charge in [0.25, 0.3) is 0 Å². The lowest BCUT2D eigenvalue weighted by atomic mass is 9.89. The molecule has 1 aliphatic carbocycles. The van der Waals surface area contributed by atoms with Crippen molar-refractivity contribution in [1.29, 1.82) is 0 Å². The quantitative estimate of drug-likeness (QED) is 0.792. The summed E-state index contributed by atoms with van der Waals surface area (Å²) < 4.78 is 1.98. The van der Waals surface area contributed by atoms with E-state index < -0.39 is 0 Å². The zero-order chi connectivity index (χ0) is 10.0. The SMILES string of the molecule is CC1(Cn2cnnc2CO)CCCC1. The first-order valence-electron chi connectivity index (χ1n) is 5.21. The molecule has 1 N–H and O–H groups in total. The Balaban J connectivity index is 2.09. The smallest absolute Gasteiger partial charge is 0.158 e. The second-order valence-corrected chi connectivity index (χ2v) is 4.55. The van der Waals surface area contributed by atoms with Gasteiger partial charge in [-0.05, 0) is 18.3 Å². The van der Waals surface area contributed by atoms with Crippen molar-refractivity contribution in [2.75, 3.05) is 0 Å². The van der Waals surface area contributed by atoms with Crippen molar-refractivity contribution in [3.63, 3.8) is 0 Å². The Hall–Kier alpha value is -0.900. The first-order chi connectivity index (χ1) is 6.73. The topological polar surface area (TPSA) is 50.9 Å². The van der Waals surface area contributed by atoms with Crippen LogP contribution in [0.4, 0.5) is 0 Å². The van der Waals surface area contributed by atoms with Gasteiger partial charge in [0.2, 0.25) is 0 Å². The van der Waals surface area contributed by atoms with Gasteiger partial charge in [-0.15, -0.1) is 10.2 Å². The Morgan fingerprint density at radius 3 is 2.86 bits per heavy atom. The van der Waals surface area contributed by atoms with Gasteiger partial charge < -0.3 is 9.67 Å². The molecule has 4 nitrogen and oxygen atoms in total. The molecule has 0 amide bonds. The van der Waals surface area contributed by atoms with Crippen molar-refractivity contribution in [2.45, 2.75) is 45.8 Å². The number of hydrogen-bond acceptors (Lipinski definition) is 3. The molecule has 0 aromatic carbocycles. The van der Waals surface area contributed by atoms with Crippen LogP contribution >= 0.6 is 0 Å². The predicted octanol–water partition coefficient (Wildman–Crippen LogP) is 1.35. The summed E-state index contributed by atoms with van der Waals surface area (Å²) in [5.41, 5.74) is 0.381. The summed E-state index contributed by atoms with van der Waals surface area (Å²) in [6, 6.07) is 0. The lowest BCUT2D eigenvalue weighted by Gasteiger charge is -2.24. The average Bonchev–Trinajstić information content (AvgIpc) is 2.75. The highest BCUT2D eigenvalue weighted by molar-refractivity contribution is 4.88. The predicted molar refractivity (Wildman–Crippen MR) is 52.5 cm³/mol. The first kappa shape index (κ1) is 9.65. The van der Waals surface area contributed by atoms with Gasteiger partial charge in [-0.25, -0.2) is 0 Å². The fraction of sp³-hybridized carbons (Fsp3) is 0.800. The maximum atomic E-state index is 9.04. The molecule has 2 rings (SSSR count). The Kier molecular flexibility index (Phi) is 2.54. The molecule has 0 spiro atoms. The number of aromatic nitrogens is 3. The second-order valence-electron chi connectivity index (χ2n) is 4.55. The number of aliphatic hydroxyl groups is 1. The summed E-state index contributed by atoms with van der Waals surface area (Å²) >= 11 is 0. The minimum absolute atomic E-state index is 0.0178. The lowest BCUT2D eigenvalue weighted by molar-refractivity contribution is 0.239. The van der Waals surface area contributed by atoms with E-state index in [2.05, 4.69) is 17.1 Å². The van der Waals surface area contributed by atoms with Crippen LogP contribution in [0.2, 0.25) is 0 Å².